The molecule has 1 saturated heterocycles. The molecular formula is C12H19NO4. The second-order valence-electron chi connectivity index (χ2n) is 4.27. The highest BCUT2D eigenvalue weighted by atomic mass is 16.5. The number of amides is 1. The van der Waals surface area contributed by atoms with Crippen molar-refractivity contribution in [1.29, 1.82) is 0 Å². The lowest BCUT2D eigenvalue weighted by Crippen LogP contribution is -2.64. The highest BCUT2D eigenvalue weighted by Gasteiger charge is 2.44. The number of β-lactam (4-membered cyclic amide) rings is 1. The maximum absolute atomic E-state index is 11.2. The number of rotatable bonds is 5. The first-order valence-electron chi connectivity index (χ1n) is 5.80. The predicted molar refractivity (Wildman–Crippen MR) is 62.0 cm³/mol. The van der Waals surface area contributed by atoms with Crippen LogP contribution in [0.4, 0.5) is 0 Å². The van der Waals surface area contributed by atoms with Gasteiger partial charge in [0, 0.05) is 12.1 Å². The van der Waals surface area contributed by atoms with E-state index in [1.165, 1.54) is 6.08 Å². The summed E-state index contributed by atoms with van der Waals surface area (Å²) in [5.41, 5.74) is 0. The standard InChI is InChI=1S/C12H19NO4/c1-4-17-9(15)6-5-7(2)11-10(8(3)14)12(16)13-11/h5-8,10-11,14H,4H2,1-3H3,(H,13,16)/b6-5+/t7-,8+,10+,11+/m0/s1. The molecule has 0 aromatic carbocycles. The summed E-state index contributed by atoms with van der Waals surface area (Å²) >= 11 is 0. The van der Waals surface area contributed by atoms with E-state index in [-0.39, 0.29) is 17.9 Å². The quantitative estimate of drug-likeness (QED) is 0.410. The minimum atomic E-state index is -0.674. The highest BCUT2D eigenvalue weighted by molar-refractivity contribution is 5.87. The summed E-state index contributed by atoms with van der Waals surface area (Å²) in [6, 6.07) is -0.117. The third-order valence-electron chi connectivity index (χ3n) is 2.91. The zero-order valence-electron chi connectivity index (χ0n) is 10.3. The van der Waals surface area contributed by atoms with Crippen molar-refractivity contribution in [2.24, 2.45) is 11.8 Å². The van der Waals surface area contributed by atoms with Crippen LogP contribution >= 0.6 is 0 Å². The van der Waals surface area contributed by atoms with Crippen LogP contribution in [0.15, 0.2) is 12.2 Å². The fraction of sp³-hybridized carbons (Fsp3) is 0.667. The Labute approximate surface area is 101 Å². The fourth-order valence-corrected chi connectivity index (χ4v) is 1.94. The Kier molecular flexibility index (Phi) is 4.69. The average molecular weight is 241 g/mol. The summed E-state index contributed by atoms with van der Waals surface area (Å²) in [5.74, 6) is -0.937. The van der Waals surface area contributed by atoms with Gasteiger partial charge in [0.15, 0.2) is 0 Å². The molecule has 5 nitrogen and oxygen atoms in total. The molecule has 96 valence electrons. The van der Waals surface area contributed by atoms with Crippen LogP contribution in [0.2, 0.25) is 0 Å². The van der Waals surface area contributed by atoms with Gasteiger partial charge in [-0.3, -0.25) is 4.79 Å². The molecule has 0 radical (unpaired) electrons. The topological polar surface area (TPSA) is 75.6 Å². The number of carbonyl (C=O) groups is 2. The number of hydrogen-bond acceptors (Lipinski definition) is 4. The molecular weight excluding hydrogens is 222 g/mol. The van der Waals surface area contributed by atoms with Crippen molar-refractivity contribution in [3.8, 4) is 0 Å². The third kappa shape index (κ3) is 3.30. The van der Waals surface area contributed by atoms with Gasteiger partial charge in [0.05, 0.1) is 18.6 Å². The van der Waals surface area contributed by atoms with E-state index >= 15 is 0 Å². The van der Waals surface area contributed by atoms with Crippen molar-refractivity contribution >= 4 is 11.9 Å². The Hall–Kier alpha value is -1.36. The summed E-state index contributed by atoms with van der Waals surface area (Å²) in [6.07, 6.45) is 2.38. The van der Waals surface area contributed by atoms with Crippen molar-refractivity contribution in [2.75, 3.05) is 6.61 Å². The molecule has 0 spiro atoms. The van der Waals surface area contributed by atoms with Crippen LogP contribution in [0.5, 0.6) is 0 Å². The molecule has 1 fully saturated rings. The molecule has 2 N–H and O–H groups in total. The molecule has 0 unspecified atom stereocenters. The van der Waals surface area contributed by atoms with E-state index in [0.717, 1.165) is 0 Å². The van der Waals surface area contributed by atoms with Crippen LogP contribution in [-0.2, 0) is 14.3 Å². The lowest BCUT2D eigenvalue weighted by molar-refractivity contribution is -0.141. The van der Waals surface area contributed by atoms with Crippen LogP contribution in [0.25, 0.3) is 0 Å². The molecule has 17 heavy (non-hydrogen) atoms. The molecule has 0 aromatic heterocycles. The first kappa shape index (κ1) is 13.7. The number of hydrogen-bond donors (Lipinski definition) is 2. The summed E-state index contributed by atoms with van der Waals surface area (Å²) < 4.78 is 4.76. The molecule has 0 saturated carbocycles. The van der Waals surface area contributed by atoms with E-state index in [2.05, 4.69) is 5.32 Å². The summed E-state index contributed by atoms with van der Waals surface area (Å²) in [5, 5.41) is 12.2. The van der Waals surface area contributed by atoms with Crippen LogP contribution in [0.1, 0.15) is 20.8 Å². The Balaban J connectivity index is 2.51. The monoisotopic (exact) mass is 241 g/mol. The SMILES string of the molecule is CCOC(=O)/C=C/[C@H](C)[C@H]1NC(=O)[C@@H]1[C@@H](C)O. The molecule has 1 amide bonds. The van der Waals surface area contributed by atoms with Gasteiger partial charge in [-0.1, -0.05) is 13.0 Å². The van der Waals surface area contributed by atoms with Gasteiger partial charge in [-0.25, -0.2) is 4.79 Å². The van der Waals surface area contributed by atoms with Crippen molar-refractivity contribution in [1.82, 2.24) is 5.32 Å². The molecule has 1 aliphatic rings. The Morgan fingerprint density at radius 3 is 2.71 bits per heavy atom. The second kappa shape index (κ2) is 5.82. The van der Waals surface area contributed by atoms with E-state index in [9.17, 15) is 14.7 Å². The first-order chi connectivity index (χ1) is 7.97. The van der Waals surface area contributed by atoms with Crippen LogP contribution in [0, 0.1) is 11.8 Å². The van der Waals surface area contributed by atoms with Crippen molar-refractivity contribution in [3.05, 3.63) is 12.2 Å². The molecule has 0 aromatic rings. The maximum atomic E-state index is 11.2. The Morgan fingerprint density at radius 2 is 2.24 bits per heavy atom. The number of aliphatic hydroxyl groups is 1. The van der Waals surface area contributed by atoms with E-state index in [1.54, 1.807) is 19.9 Å². The summed E-state index contributed by atoms with van der Waals surface area (Å²) in [6.45, 7) is 5.56. The molecule has 0 bridgehead atoms. The maximum Gasteiger partial charge on any atom is 0.330 e. The van der Waals surface area contributed by atoms with Gasteiger partial charge in [0.1, 0.15) is 0 Å². The van der Waals surface area contributed by atoms with Crippen LogP contribution in [-0.4, -0.2) is 35.7 Å². The minimum Gasteiger partial charge on any atom is -0.463 e. The zero-order valence-corrected chi connectivity index (χ0v) is 10.3. The molecule has 1 rings (SSSR count). The Bertz CT molecular complexity index is 324. The number of nitrogens with one attached hydrogen (secondary N) is 1. The predicted octanol–water partition coefficient (Wildman–Crippen LogP) is 0.237. The summed E-state index contributed by atoms with van der Waals surface area (Å²) in [7, 11) is 0. The molecule has 1 aliphatic heterocycles. The van der Waals surface area contributed by atoms with Crippen LogP contribution in [0.3, 0.4) is 0 Å². The lowest BCUT2D eigenvalue weighted by Gasteiger charge is -2.41. The van der Waals surface area contributed by atoms with Gasteiger partial charge in [0.2, 0.25) is 5.91 Å². The van der Waals surface area contributed by atoms with Crippen molar-refractivity contribution in [2.45, 2.75) is 32.9 Å². The van der Waals surface area contributed by atoms with E-state index in [1.807, 2.05) is 6.92 Å². The Morgan fingerprint density at radius 1 is 1.59 bits per heavy atom. The van der Waals surface area contributed by atoms with Gasteiger partial charge in [-0.05, 0) is 19.8 Å². The van der Waals surface area contributed by atoms with Gasteiger partial charge in [-0.15, -0.1) is 0 Å². The van der Waals surface area contributed by atoms with Crippen LogP contribution < -0.4 is 5.32 Å². The number of ether oxygens (including phenoxy) is 1. The molecule has 1 heterocycles. The van der Waals surface area contributed by atoms with Gasteiger partial charge in [0.25, 0.3) is 0 Å². The molecule has 0 aliphatic carbocycles. The average Bonchev–Trinajstić information content (AvgIpc) is 2.22. The number of aliphatic hydroxyl groups excluding tert-OH is 1. The van der Waals surface area contributed by atoms with Crippen molar-refractivity contribution in [3.63, 3.8) is 0 Å². The second-order valence-corrected chi connectivity index (χ2v) is 4.27. The fourth-order valence-electron chi connectivity index (χ4n) is 1.94. The number of esters is 1. The largest absolute Gasteiger partial charge is 0.463 e. The molecule has 4 atom stereocenters. The normalized spacial score (nSPS) is 27.2. The van der Waals surface area contributed by atoms with Crippen molar-refractivity contribution < 1.29 is 19.4 Å². The van der Waals surface area contributed by atoms with E-state index < -0.39 is 18.0 Å². The van der Waals surface area contributed by atoms with E-state index in [0.29, 0.717) is 6.61 Å². The number of carbonyl (C=O) groups excluding carboxylic acids is 2. The molecule has 5 heteroatoms. The van der Waals surface area contributed by atoms with E-state index in [4.69, 9.17) is 4.74 Å². The zero-order chi connectivity index (χ0) is 13.0. The minimum absolute atomic E-state index is 0.0169. The lowest BCUT2D eigenvalue weighted by atomic mass is 9.79. The third-order valence-corrected chi connectivity index (χ3v) is 2.91. The van der Waals surface area contributed by atoms with Gasteiger partial charge < -0.3 is 15.2 Å². The summed E-state index contributed by atoms with van der Waals surface area (Å²) in [4.78, 5) is 22.4. The smallest absolute Gasteiger partial charge is 0.330 e. The van der Waals surface area contributed by atoms with Gasteiger partial charge >= 0.3 is 5.97 Å². The van der Waals surface area contributed by atoms with Gasteiger partial charge in [-0.2, -0.15) is 0 Å². The highest BCUT2D eigenvalue weighted by Crippen LogP contribution is 2.26. The first-order valence-corrected chi connectivity index (χ1v) is 5.80.